The lowest BCUT2D eigenvalue weighted by Crippen LogP contribution is -2.18. The van der Waals surface area contributed by atoms with Crippen LogP contribution in [0.2, 0.25) is 0 Å². The van der Waals surface area contributed by atoms with E-state index in [2.05, 4.69) is 42.5 Å². The number of hydrogen-bond donors (Lipinski definition) is 0. The number of hydrogen-bond acceptors (Lipinski definition) is 3. The fourth-order valence-corrected chi connectivity index (χ4v) is 2.92. The highest BCUT2D eigenvalue weighted by Gasteiger charge is 2.23. The van der Waals surface area contributed by atoms with E-state index in [0.717, 1.165) is 4.90 Å². The van der Waals surface area contributed by atoms with Crippen LogP contribution in [0.1, 0.15) is 30.0 Å². The summed E-state index contributed by atoms with van der Waals surface area (Å²) in [6.45, 7) is 3.34. The molecule has 0 bridgehead atoms. The van der Waals surface area contributed by atoms with Crippen LogP contribution in [-0.2, 0) is 0 Å². The molecule has 1 aliphatic heterocycles. The maximum atomic E-state index is 8.64. The second-order valence-electron chi connectivity index (χ2n) is 4.35. The Bertz CT molecular complexity index is 422. The van der Waals surface area contributed by atoms with E-state index in [1.54, 1.807) is 0 Å². The highest BCUT2D eigenvalue weighted by molar-refractivity contribution is 8.03. The first kappa shape index (κ1) is 11.5. The molecule has 1 unspecified atom stereocenters. The number of aryl methyl sites for hydroxylation is 1. The van der Waals surface area contributed by atoms with Crippen LogP contribution in [-0.4, -0.2) is 18.5 Å². The van der Waals surface area contributed by atoms with Crippen LogP contribution in [0.25, 0.3) is 0 Å². The van der Waals surface area contributed by atoms with Gasteiger partial charge < -0.3 is 0 Å². The Morgan fingerprint density at radius 3 is 2.88 bits per heavy atom. The van der Waals surface area contributed by atoms with Gasteiger partial charge in [-0.3, -0.25) is 4.90 Å². The van der Waals surface area contributed by atoms with Gasteiger partial charge in [0.1, 0.15) is 5.40 Å². The summed E-state index contributed by atoms with van der Waals surface area (Å²) in [5.74, 6) is 0. The van der Waals surface area contributed by atoms with E-state index in [4.69, 9.17) is 5.26 Å². The standard InChI is InChI=1S/C13H16N2S/c1-10-8-11(16-9-14)5-6-12(10)13-4-3-7-15(13)2/h5-6,8,13H,3-4,7H2,1-2H3. The molecule has 16 heavy (non-hydrogen) atoms. The summed E-state index contributed by atoms with van der Waals surface area (Å²) in [6, 6.07) is 6.93. The van der Waals surface area contributed by atoms with Gasteiger partial charge >= 0.3 is 0 Å². The lowest BCUT2D eigenvalue weighted by Gasteiger charge is -2.21. The Morgan fingerprint density at radius 1 is 1.50 bits per heavy atom. The fourth-order valence-electron chi connectivity index (χ4n) is 2.44. The Morgan fingerprint density at radius 2 is 2.31 bits per heavy atom. The molecule has 2 rings (SSSR count). The van der Waals surface area contributed by atoms with E-state index >= 15 is 0 Å². The first-order valence-corrected chi connectivity index (χ1v) is 6.40. The summed E-state index contributed by atoms with van der Waals surface area (Å²) in [4.78, 5) is 3.46. The van der Waals surface area contributed by atoms with Crippen LogP contribution in [0.15, 0.2) is 23.1 Å². The number of thioether (sulfide) groups is 1. The van der Waals surface area contributed by atoms with E-state index in [-0.39, 0.29) is 0 Å². The van der Waals surface area contributed by atoms with Crippen LogP contribution in [0.3, 0.4) is 0 Å². The lowest BCUT2D eigenvalue weighted by atomic mass is 10.00. The van der Waals surface area contributed by atoms with Gasteiger partial charge in [-0.1, -0.05) is 6.07 Å². The molecule has 1 saturated heterocycles. The van der Waals surface area contributed by atoms with Crippen molar-refractivity contribution in [3.8, 4) is 5.40 Å². The van der Waals surface area contributed by atoms with E-state index in [9.17, 15) is 0 Å². The number of likely N-dealkylation sites (tertiary alicyclic amines) is 1. The molecule has 1 heterocycles. The second kappa shape index (κ2) is 4.90. The maximum absolute atomic E-state index is 8.64. The molecule has 2 nitrogen and oxygen atoms in total. The first-order valence-electron chi connectivity index (χ1n) is 5.59. The average Bonchev–Trinajstić information content (AvgIpc) is 2.65. The molecule has 1 aromatic rings. The number of nitriles is 1. The largest absolute Gasteiger partial charge is 0.299 e. The predicted octanol–water partition coefficient (Wildman–Crippen LogP) is 3.33. The number of nitrogens with zero attached hydrogens (tertiary/aromatic N) is 2. The molecule has 1 aromatic carbocycles. The second-order valence-corrected chi connectivity index (χ2v) is 5.21. The third-order valence-corrected chi connectivity index (χ3v) is 3.87. The van der Waals surface area contributed by atoms with Gasteiger partial charge in [0.15, 0.2) is 0 Å². The van der Waals surface area contributed by atoms with Gasteiger partial charge in [0.2, 0.25) is 0 Å². The van der Waals surface area contributed by atoms with Crippen molar-refractivity contribution in [2.24, 2.45) is 0 Å². The smallest absolute Gasteiger partial charge is 0.138 e. The molecular weight excluding hydrogens is 216 g/mol. The van der Waals surface area contributed by atoms with Gasteiger partial charge in [0.05, 0.1) is 0 Å². The van der Waals surface area contributed by atoms with Crippen LogP contribution < -0.4 is 0 Å². The summed E-state index contributed by atoms with van der Waals surface area (Å²) in [7, 11) is 2.19. The maximum Gasteiger partial charge on any atom is 0.138 e. The molecule has 84 valence electrons. The van der Waals surface area contributed by atoms with Crippen molar-refractivity contribution in [3.05, 3.63) is 29.3 Å². The van der Waals surface area contributed by atoms with Crippen LogP contribution in [0.4, 0.5) is 0 Å². The van der Waals surface area contributed by atoms with Crippen LogP contribution in [0, 0.1) is 17.6 Å². The van der Waals surface area contributed by atoms with Crippen molar-refractivity contribution in [3.63, 3.8) is 0 Å². The van der Waals surface area contributed by atoms with Gasteiger partial charge in [-0.05, 0) is 68.4 Å². The molecule has 3 heteroatoms. The third kappa shape index (κ3) is 2.23. The minimum Gasteiger partial charge on any atom is -0.299 e. The molecule has 1 aliphatic rings. The minimum atomic E-state index is 0.570. The molecule has 0 aromatic heterocycles. The molecule has 0 amide bonds. The molecule has 0 aliphatic carbocycles. The van der Waals surface area contributed by atoms with Gasteiger partial charge in [-0.25, -0.2) is 0 Å². The molecule has 0 N–H and O–H groups in total. The zero-order valence-electron chi connectivity index (χ0n) is 9.73. The number of benzene rings is 1. The Balaban J connectivity index is 2.26. The van der Waals surface area contributed by atoms with Crippen molar-refractivity contribution in [1.82, 2.24) is 4.90 Å². The predicted molar refractivity (Wildman–Crippen MR) is 67.3 cm³/mol. The highest BCUT2D eigenvalue weighted by atomic mass is 32.2. The molecule has 0 radical (unpaired) electrons. The van der Waals surface area contributed by atoms with E-state index in [1.807, 2.05) is 0 Å². The molecule has 1 fully saturated rings. The van der Waals surface area contributed by atoms with Crippen LogP contribution >= 0.6 is 11.8 Å². The monoisotopic (exact) mass is 232 g/mol. The lowest BCUT2D eigenvalue weighted by molar-refractivity contribution is 0.316. The van der Waals surface area contributed by atoms with Crippen molar-refractivity contribution in [1.29, 1.82) is 5.26 Å². The number of rotatable bonds is 2. The normalized spacial score (nSPS) is 20.9. The summed E-state index contributed by atoms with van der Waals surface area (Å²) >= 11 is 1.23. The van der Waals surface area contributed by atoms with Gasteiger partial charge in [0.25, 0.3) is 0 Å². The Labute approximate surface area is 101 Å². The van der Waals surface area contributed by atoms with E-state index < -0.39 is 0 Å². The van der Waals surface area contributed by atoms with Crippen LogP contribution in [0.5, 0.6) is 0 Å². The molecule has 0 saturated carbocycles. The van der Waals surface area contributed by atoms with Gasteiger partial charge in [0, 0.05) is 10.9 Å². The van der Waals surface area contributed by atoms with E-state index in [0.29, 0.717) is 6.04 Å². The third-order valence-electron chi connectivity index (χ3n) is 3.28. The van der Waals surface area contributed by atoms with Gasteiger partial charge in [-0.2, -0.15) is 5.26 Å². The minimum absolute atomic E-state index is 0.570. The van der Waals surface area contributed by atoms with Gasteiger partial charge in [-0.15, -0.1) is 0 Å². The van der Waals surface area contributed by atoms with Crippen molar-refractivity contribution in [2.75, 3.05) is 13.6 Å². The summed E-state index contributed by atoms with van der Waals surface area (Å²) < 4.78 is 0. The SMILES string of the molecule is Cc1cc(SC#N)ccc1C1CCCN1C. The quantitative estimate of drug-likeness (QED) is 0.578. The van der Waals surface area contributed by atoms with Crippen molar-refractivity contribution >= 4 is 11.8 Å². The fraction of sp³-hybridized carbons (Fsp3) is 0.462. The summed E-state index contributed by atoms with van der Waals surface area (Å²) in [6.07, 6.45) is 2.54. The van der Waals surface area contributed by atoms with E-state index in [1.165, 1.54) is 42.3 Å². The summed E-state index contributed by atoms with van der Waals surface area (Å²) in [5.41, 5.74) is 2.72. The average molecular weight is 232 g/mol. The molecular formula is C13H16N2S. The Hall–Kier alpha value is -0.980. The van der Waals surface area contributed by atoms with Crippen molar-refractivity contribution in [2.45, 2.75) is 30.7 Å². The zero-order chi connectivity index (χ0) is 11.5. The zero-order valence-corrected chi connectivity index (χ0v) is 10.5. The van der Waals surface area contributed by atoms with Crippen molar-refractivity contribution < 1.29 is 0 Å². The topological polar surface area (TPSA) is 27.0 Å². The highest BCUT2D eigenvalue weighted by Crippen LogP contribution is 2.33. The molecule has 1 atom stereocenters. The number of thiocyanates is 1. The summed E-state index contributed by atoms with van der Waals surface area (Å²) in [5, 5.41) is 10.8. The first-order chi connectivity index (χ1) is 7.72. The Kier molecular flexibility index (Phi) is 3.52. The molecule has 0 spiro atoms.